The number of carbonyl (C=O) groups excluding carboxylic acids is 2. The number of thiazole rings is 1. The van der Waals surface area contributed by atoms with Crippen molar-refractivity contribution in [3.8, 4) is 0 Å². The third kappa shape index (κ3) is 5.07. The summed E-state index contributed by atoms with van der Waals surface area (Å²) in [6.07, 6.45) is 2.49. The highest BCUT2D eigenvalue weighted by Crippen LogP contribution is 2.25. The molecule has 3 heterocycles. The molecule has 5 N–H and O–H groups in total. The Bertz CT molecular complexity index is 1210. The predicted octanol–water partition coefficient (Wildman–Crippen LogP) is -1.90. The third-order valence-corrected chi connectivity index (χ3v) is 6.05. The molecule has 2 amide bonds. The van der Waals surface area contributed by atoms with Crippen LogP contribution in [0.4, 0.5) is 5.13 Å². The van der Waals surface area contributed by atoms with Gasteiger partial charge in [-0.25, -0.2) is 14.1 Å². The van der Waals surface area contributed by atoms with Crippen molar-refractivity contribution in [2.75, 3.05) is 5.73 Å². The van der Waals surface area contributed by atoms with Gasteiger partial charge in [-0.1, -0.05) is 5.16 Å². The molecule has 33 heavy (non-hydrogen) atoms. The Labute approximate surface area is 189 Å². The van der Waals surface area contributed by atoms with Gasteiger partial charge in [0.2, 0.25) is 5.60 Å². The fourth-order valence-corrected chi connectivity index (χ4v) is 4.10. The van der Waals surface area contributed by atoms with Gasteiger partial charge in [0.25, 0.3) is 11.8 Å². The van der Waals surface area contributed by atoms with Crippen molar-refractivity contribution in [2.24, 2.45) is 5.16 Å². The lowest BCUT2D eigenvalue weighted by Gasteiger charge is -2.44. The number of rotatable bonds is 9. The number of nitrogens with two attached hydrogens (primary N) is 1. The average Bonchev–Trinajstić information content (AvgIpc) is 3.36. The van der Waals surface area contributed by atoms with Crippen molar-refractivity contribution in [2.45, 2.75) is 38.1 Å². The summed E-state index contributed by atoms with van der Waals surface area (Å²) in [7, 11) is -4.91. The molecule has 2 aromatic heterocycles. The van der Waals surface area contributed by atoms with E-state index in [0.29, 0.717) is 0 Å². The maximum Gasteiger partial charge on any atom is 0.362 e. The molecule has 0 unspecified atom stereocenters. The summed E-state index contributed by atoms with van der Waals surface area (Å²) in [5, 5.41) is 23.7. The van der Waals surface area contributed by atoms with Gasteiger partial charge in [0.1, 0.15) is 24.4 Å². The minimum absolute atomic E-state index is 0.0649. The number of amides is 2. The van der Waals surface area contributed by atoms with E-state index in [4.69, 9.17) is 10.6 Å². The minimum Gasteiger partial charge on any atom is -0.478 e. The van der Waals surface area contributed by atoms with Crippen LogP contribution in [0.15, 0.2) is 23.2 Å². The van der Waals surface area contributed by atoms with Gasteiger partial charge in [0.05, 0.1) is 6.04 Å². The van der Waals surface area contributed by atoms with E-state index in [1.807, 2.05) is 0 Å². The molecule has 2 aromatic rings. The molecule has 2 atom stereocenters. The second-order valence-corrected chi connectivity index (χ2v) is 9.39. The average molecular weight is 502 g/mol. The summed E-state index contributed by atoms with van der Waals surface area (Å²) in [6, 6.07) is -2.61. The molecule has 3 rings (SSSR count). The molecule has 0 saturated carbocycles. The van der Waals surface area contributed by atoms with Crippen LogP contribution in [0.3, 0.4) is 0 Å². The van der Waals surface area contributed by atoms with E-state index in [9.17, 15) is 32.5 Å². The van der Waals surface area contributed by atoms with Crippen molar-refractivity contribution < 1.29 is 37.3 Å². The zero-order valence-corrected chi connectivity index (χ0v) is 18.6. The van der Waals surface area contributed by atoms with Crippen LogP contribution in [-0.4, -0.2) is 83.3 Å². The maximum atomic E-state index is 12.9. The Kier molecular flexibility index (Phi) is 6.34. The molecule has 0 radical (unpaired) electrons. The molecule has 0 aromatic carbocycles. The summed E-state index contributed by atoms with van der Waals surface area (Å²) in [5.41, 5.74) is 3.21. The van der Waals surface area contributed by atoms with Gasteiger partial charge >= 0.3 is 16.3 Å². The Morgan fingerprint density at radius 1 is 1.36 bits per heavy atom. The van der Waals surface area contributed by atoms with Crippen molar-refractivity contribution in [1.82, 2.24) is 29.4 Å². The van der Waals surface area contributed by atoms with Crippen LogP contribution in [0.2, 0.25) is 0 Å². The first-order valence-electron chi connectivity index (χ1n) is 8.96. The lowest BCUT2D eigenvalue weighted by Crippen LogP contribution is -2.73. The monoisotopic (exact) mass is 502 g/mol. The van der Waals surface area contributed by atoms with Crippen LogP contribution >= 0.6 is 11.3 Å². The maximum absolute atomic E-state index is 12.9. The number of aromatic nitrogens is 4. The highest BCUT2D eigenvalue weighted by atomic mass is 32.2. The van der Waals surface area contributed by atoms with Crippen molar-refractivity contribution in [3.63, 3.8) is 0 Å². The number of carboxylic acid groups (broad SMARTS) is 1. The molecular formula is C15H18N8O8S2. The number of hydrogen-bond acceptors (Lipinski definition) is 12. The first kappa shape index (κ1) is 24.0. The van der Waals surface area contributed by atoms with E-state index in [-0.39, 0.29) is 21.7 Å². The zero-order chi connectivity index (χ0) is 24.6. The number of carbonyl (C=O) groups is 3. The number of aliphatic carboxylic acids is 1. The van der Waals surface area contributed by atoms with E-state index in [2.05, 4.69) is 25.7 Å². The Morgan fingerprint density at radius 3 is 2.52 bits per heavy atom. The van der Waals surface area contributed by atoms with E-state index in [0.717, 1.165) is 11.3 Å². The molecule has 1 aliphatic heterocycles. The van der Waals surface area contributed by atoms with Crippen molar-refractivity contribution >= 4 is 50.3 Å². The van der Waals surface area contributed by atoms with Crippen molar-refractivity contribution in [3.05, 3.63) is 23.7 Å². The number of β-lactam (4-membered cyclic amide) rings is 1. The molecule has 0 bridgehead atoms. The standard InChI is InChI=1S/C15H18N8O8S2/c1-15(2,13(26)27)31-21-9(7-4-32-14(16)19-7)11(24)20-10-8(3-22-5-17-18-6-22)23(12(10)25)33(28,29)30/h4-6,8,10H,3H2,1-2H3,(H2,16,19)(H,20,24)(H,26,27)(H,28,29,30)/b21-9+/t8-,10+/m1/s1. The molecule has 178 valence electrons. The summed E-state index contributed by atoms with van der Waals surface area (Å²) < 4.78 is 34.2. The Morgan fingerprint density at radius 2 is 2.00 bits per heavy atom. The summed E-state index contributed by atoms with van der Waals surface area (Å²) in [4.78, 5) is 45.5. The number of oxime groups is 1. The molecular weight excluding hydrogens is 484 g/mol. The van der Waals surface area contributed by atoms with Gasteiger partial charge in [-0.05, 0) is 13.8 Å². The lowest BCUT2D eigenvalue weighted by atomic mass is 9.98. The smallest absolute Gasteiger partial charge is 0.362 e. The van der Waals surface area contributed by atoms with Crippen LogP contribution in [0, 0.1) is 0 Å². The lowest BCUT2D eigenvalue weighted by molar-refractivity contribution is -0.161. The van der Waals surface area contributed by atoms with Gasteiger partial charge in [-0.2, -0.15) is 8.42 Å². The third-order valence-electron chi connectivity index (χ3n) is 4.43. The highest BCUT2D eigenvalue weighted by Gasteiger charge is 2.54. The summed E-state index contributed by atoms with van der Waals surface area (Å²) in [5.74, 6) is -3.49. The largest absolute Gasteiger partial charge is 0.478 e. The van der Waals surface area contributed by atoms with Gasteiger partial charge in [-0.15, -0.1) is 21.5 Å². The van der Waals surface area contributed by atoms with Crippen molar-refractivity contribution in [1.29, 1.82) is 0 Å². The van der Waals surface area contributed by atoms with Crippen LogP contribution in [-0.2, 0) is 36.1 Å². The normalized spacial score (nSPS) is 19.2. The molecule has 18 heteroatoms. The molecule has 0 aliphatic carbocycles. The van der Waals surface area contributed by atoms with Gasteiger partial charge in [0.15, 0.2) is 10.8 Å². The first-order chi connectivity index (χ1) is 15.3. The summed E-state index contributed by atoms with van der Waals surface area (Å²) in [6.45, 7) is 2.21. The molecule has 0 spiro atoms. The molecule has 16 nitrogen and oxygen atoms in total. The van der Waals surface area contributed by atoms with E-state index >= 15 is 0 Å². The summed E-state index contributed by atoms with van der Waals surface area (Å²) >= 11 is 0.965. The Balaban J connectivity index is 1.88. The zero-order valence-electron chi connectivity index (χ0n) is 17.0. The second-order valence-electron chi connectivity index (χ2n) is 7.21. The van der Waals surface area contributed by atoms with E-state index < -0.39 is 51.5 Å². The minimum atomic E-state index is -4.91. The van der Waals surface area contributed by atoms with Gasteiger partial charge in [0, 0.05) is 11.9 Å². The number of nitrogens with one attached hydrogen (secondary N) is 1. The van der Waals surface area contributed by atoms with Crippen LogP contribution in [0.1, 0.15) is 19.5 Å². The fourth-order valence-electron chi connectivity index (χ4n) is 2.68. The van der Waals surface area contributed by atoms with Crippen LogP contribution in [0.25, 0.3) is 0 Å². The number of hydrogen-bond donors (Lipinski definition) is 4. The molecule has 1 fully saturated rings. The van der Waals surface area contributed by atoms with E-state index in [1.54, 1.807) is 0 Å². The second kappa shape index (κ2) is 8.71. The molecule has 1 aliphatic rings. The highest BCUT2D eigenvalue weighted by molar-refractivity contribution is 7.84. The quantitative estimate of drug-likeness (QED) is 0.127. The topological polar surface area (TPSA) is 232 Å². The number of carboxylic acids is 1. The van der Waals surface area contributed by atoms with E-state index in [1.165, 1.54) is 36.4 Å². The first-order valence-corrected chi connectivity index (χ1v) is 11.2. The van der Waals surface area contributed by atoms with Gasteiger partial charge < -0.3 is 25.6 Å². The van der Waals surface area contributed by atoms with Crippen LogP contribution < -0.4 is 11.1 Å². The van der Waals surface area contributed by atoms with Gasteiger partial charge in [-0.3, -0.25) is 14.1 Å². The number of nitrogens with zero attached hydrogens (tertiary/aromatic N) is 6. The number of nitrogen functional groups attached to an aromatic ring is 1. The molecule has 1 saturated heterocycles. The fraction of sp³-hybridized carbons (Fsp3) is 0.400. The Hall–Kier alpha value is -3.64. The van der Waals surface area contributed by atoms with Crippen LogP contribution in [0.5, 0.6) is 0 Å². The SMILES string of the molecule is CC(C)(O/N=C(/C(=O)N[C@@H]1C(=O)N(S(=O)(=O)O)[C@@H]1Cn1cnnc1)c1csc(N)n1)C(=O)O. The number of anilines is 1. The predicted molar refractivity (Wildman–Crippen MR) is 110 cm³/mol.